The predicted molar refractivity (Wildman–Crippen MR) is 82.3 cm³/mol. The van der Waals surface area contributed by atoms with Crippen LogP contribution in [0.3, 0.4) is 0 Å². The van der Waals surface area contributed by atoms with Gasteiger partial charge in [0.25, 0.3) is 0 Å². The Labute approximate surface area is 119 Å². The maximum Gasteiger partial charge on any atom is 0.0372 e. The topological polar surface area (TPSA) is 15.3 Å². The molecule has 0 bridgehead atoms. The Kier molecular flexibility index (Phi) is 4.33. The van der Waals surface area contributed by atoms with Crippen LogP contribution in [0.5, 0.6) is 0 Å². The lowest BCUT2D eigenvalue weighted by Crippen LogP contribution is -2.52. The first-order chi connectivity index (χ1) is 8.54. The molecule has 18 heavy (non-hydrogen) atoms. The van der Waals surface area contributed by atoms with Gasteiger partial charge in [0.05, 0.1) is 0 Å². The molecular formula is C15H23BrN2. The average Bonchev–Trinajstić information content (AvgIpc) is 2.36. The number of aryl methyl sites for hydroxylation is 1. The lowest BCUT2D eigenvalue weighted by Gasteiger charge is -2.44. The highest BCUT2D eigenvalue weighted by Crippen LogP contribution is 2.30. The fraction of sp³-hybridized carbons (Fsp3) is 0.600. The third kappa shape index (κ3) is 2.57. The van der Waals surface area contributed by atoms with Gasteiger partial charge in [-0.3, -0.25) is 0 Å². The zero-order valence-electron chi connectivity index (χ0n) is 11.7. The van der Waals surface area contributed by atoms with Gasteiger partial charge in [-0.25, -0.2) is 0 Å². The summed E-state index contributed by atoms with van der Waals surface area (Å²) in [6.45, 7) is 7.98. The maximum atomic E-state index is 3.57. The summed E-state index contributed by atoms with van der Waals surface area (Å²) in [5.74, 6) is 0.674. The SMILES string of the molecule is CNC1CCN(c2ccc(Br)c(C)c2)C(C)C1C. The molecule has 3 heteroatoms. The Bertz CT molecular complexity index is 419. The number of anilines is 1. The van der Waals surface area contributed by atoms with E-state index in [2.05, 4.69) is 72.2 Å². The first-order valence-corrected chi connectivity index (χ1v) is 7.54. The van der Waals surface area contributed by atoms with Crippen LogP contribution in [-0.2, 0) is 0 Å². The Morgan fingerprint density at radius 3 is 2.67 bits per heavy atom. The average molecular weight is 311 g/mol. The van der Waals surface area contributed by atoms with Crippen LogP contribution >= 0.6 is 15.9 Å². The molecule has 3 unspecified atom stereocenters. The van der Waals surface area contributed by atoms with Crippen LogP contribution in [0, 0.1) is 12.8 Å². The van der Waals surface area contributed by atoms with E-state index in [9.17, 15) is 0 Å². The predicted octanol–water partition coefficient (Wildman–Crippen LogP) is 3.58. The normalized spacial score (nSPS) is 28.5. The van der Waals surface area contributed by atoms with Crippen molar-refractivity contribution in [1.82, 2.24) is 5.32 Å². The molecule has 1 saturated heterocycles. The van der Waals surface area contributed by atoms with E-state index in [0.717, 1.165) is 6.54 Å². The van der Waals surface area contributed by atoms with Gasteiger partial charge in [0, 0.05) is 28.8 Å². The van der Waals surface area contributed by atoms with Crippen LogP contribution in [0.25, 0.3) is 0 Å². The lowest BCUT2D eigenvalue weighted by atomic mass is 9.86. The molecule has 1 heterocycles. The van der Waals surface area contributed by atoms with Crippen LogP contribution in [0.2, 0.25) is 0 Å². The fourth-order valence-corrected chi connectivity index (χ4v) is 3.19. The van der Waals surface area contributed by atoms with Crippen LogP contribution < -0.4 is 10.2 Å². The number of benzene rings is 1. The van der Waals surface area contributed by atoms with Gasteiger partial charge in [-0.15, -0.1) is 0 Å². The number of rotatable bonds is 2. The van der Waals surface area contributed by atoms with Gasteiger partial charge in [-0.2, -0.15) is 0 Å². The van der Waals surface area contributed by atoms with Crippen molar-refractivity contribution in [3.63, 3.8) is 0 Å². The molecule has 0 amide bonds. The third-order valence-electron chi connectivity index (χ3n) is 4.41. The van der Waals surface area contributed by atoms with Gasteiger partial charge >= 0.3 is 0 Å². The van der Waals surface area contributed by atoms with E-state index in [1.165, 1.54) is 22.1 Å². The largest absolute Gasteiger partial charge is 0.368 e. The molecule has 0 spiro atoms. The summed E-state index contributed by atoms with van der Waals surface area (Å²) < 4.78 is 1.19. The summed E-state index contributed by atoms with van der Waals surface area (Å²) in [5.41, 5.74) is 2.66. The Hall–Kier alpha value is -0.540. The molecule has 0 saturated carbocycles. The first kappa shape index (κ1) is 13.9. The number of nitrogens with zero attached hydrogens (tertiary/aromatic N) is 1. The smallest absolute Gasteiger partial charge is 0.0372 e. The Morgan fingerprint density at radius 1 is 1.33 bits per heavy atom. The minimum atomic E-state index is 0.580. The van der Waals surface area contributed by atoms with E-state index in [-0.39, 0.29) is 0 Å². The van der Waals surface area contributed by atoms with Crippen molar-refractivity contribution in [2.24, 2.45) is 5.92 Å². The molecule has 1 aliphatic rings. The van der Waals surface area contributed by atoms with E-state index in [1.807, 2.05) is 0 Å². The summed E-state index contributed by atoms with van der Waals surface area (Å²) in [6, 6.07) is 7.89. The molecule has 0 aromatic heterocycles. The minimum Gasteiger partial charge on any atom is -0.368 e. The number of piperidine rings is 1. The quantitative estimate of drug-likeness (QED) is 0.898. The second-order valence-corrected chi connectivity index (χ2v) is 6.26. The molecule has 1 aromatic rings. The molecule has 0 aliphatic carbocycles. The molecule has 3 atom stereocenters. The van der Waals surface area contributed by atoms with Crippen molar-refractivity contribution >= 4 is 21.6 Å². The number of hydrogen-bond acceptors (Lipinski definition) is 2. The van der Waals surface area contributed by atoms with E-state index >= 15 is 0 Å². The van der Waals surface area contributed by atoms with Crippen molar-refractivity contribution in [3.8, 4) is 0 Å². The summed E-state index contributed by atoms with van der Waals surface area (Å²) in [4.78, 5) is 2.54. The molecule has 1 N–H and O–H groups in total. The van der Waals surface area contributed by atoms with Gasteiger partial charge in [0.1, 0.15) is 0 Å². The highest BCUT2D eigenvalue weighted by Gasteiger charge is 2.31. The van der Waals surface area contributed by atoms with E-state index < -0.39 is 0 Å². The second-order valence-electron chi connectivity index (χ2n) is 5.41. The van der Waals surface area contributed by atoms with Gasteiger partial charge in [0.2, 0.25) is 0 Å². The molecule has 0 radical (unpaired) electrons. The van der Waals surface area contributed by atoms with Gasteiger partial charge in [-0.05, 0) is 57.0 Å². The standard InChI is InChI=1S/C15H23BrN2/c1-10-9-13(5-6-14(10)16)18-8-7-15(17-4)11(2)12(18)3/h5-6,9,11-12,15,17H,7-8H2,1-4H3. The zero-order chi connectivity index (χ0) is 13.3. The van der Waals surface area contributed by atoms with E-state index in [4.69, 9.17) is 0 Å². The van der Waals surface area contributed by atoms with E-state index in [1.54, 1.807) is 0 Å². The molecule has 1 aromatic carbocycles. The van der Waals surface area contributed by atoms with Crippen LogP contribution in [0.4, 0.5) is 5.69 Å². The van der Waals surface area contributed by atoms with Crippen LogP contribution in [0.1, 0.15) is 25.8 Å². The number of nitrogens with one attached hydrogen (secondary N) is 1. The monoisotopic (exact) mass is 310 g/mol. The van der Waals surface area contributed by atoms with Crippen LogP contribution in [-0.4, -0.2) is 25.7 Å². The van der Waals surface area contributed by atoms with Gasteiger partial charge in [0.15, 0.2) is 0 Å². The van der Waals surface area contributed by atoms with Crippen LogP contribution in [0.15, 0.2) is 22.7 Å². The fourth-order valence-electron chi connectivity index (χ4n) is 2.94. The number of halogens is 1. The summed E-state index contributed by atoms with van der Waals surface area (Å²) >= 11 is 3.57. The molecule has 1 fully saturated rings. The van der Waals surface area contributed by atoms with Crippen molar-refractivity contribution in [3.05, 3.63) is 28.2 Å². The highest BCUT2D eigenvalue weighted by molar-refractivity contribution is 9.10. The molecule has 1 aliphatic heterocycles. The third-order valence-corrected chi connectivity index (χ3v) is 5.30. The summed E-state index contributed by atoms with van der Waals surface area (Å²) in [5, 5.41) is 3.44. The Morgan fingerprint density at radius 2 is 2.06 bits per heavy atom. The van der Waals surface area contributed by atoms with Crippen molar-refractivity contribution < 1.29 is 0 Å². The second kappa shape index (κ2) is 5.62. The molecule has 100 valence electrons. The van der Waals surface area contributed by atoms with Crippen molar-refractivity contribution in [2.45, 2.75) is 39.3 Å². The van der Waals surface area contributed by atoms with Gasteiger partial charge in [-0.1, -0.05) is 22.9 Å². The highest BCUT2D eigenvalue weighted by atomic mass is 79.9. The van der Waals surface area contributed by atoms with Crippen molar-refractivity contribution in [1.29, 1.82) is 0 Å². The molecular weight excluding hydrogens is 288 g/mol. The number of hydrogen-bond donors (Lipinski definition) is 1. The lowest BCUT2D eigenvalue weighted by molar-refractivity contribution is 0.282. The Balaban J connectivity index is 2.21. The van der Waals surface area contributed by atoms with E-state index in [0.29, 0.717) is 18.0 Å². The van der Waals surface area contributed by atoms with Gasteiger partial charge < -0.3 is 10.2 Å². The molecule has 2 rings (SSSR count). The van der Waals surface area contributed by atoms with Crippen molar-refractivity contribution in [2.75, 3.05) is 18.5 Å². The summed E-state index contributed by atoms with van der Waals surface area (Å²) in [7, 11) is 2.08. The maximum absolute atomic E-state index is 3.57. The summed E-state index contributed by atoms with van der Waals surface area (Å²) in [6.07, 6.45) is 1.22. The minimum absolute atomic E-state index is 0.580. The molecule has 2 nitrogen and oxygen atoms in total. The first-order valence-electron chi connectivity index (χ1n) is 6.74. The zero-order valence-corrected chi connectivity index (χ0v) is 13.3.